The molecule has 1 aromatic carbocycles. The van der Waals surface area contributed by atoms with Crippen molar-refractivity contribution in [2.45, 2.75) is 26.6 Å². The molecule has 0 spiro atoms. The summed E-state index contributed by atoms with van der Waals surface area (Å²) in [5.41, 5.74) is -3.87. The fraction of sp³-hybridized carbons (Fsp3) is 0.375. The minimum Gasteiger partial charge on any atom is -0.435 e. The molecule has 136 valence electrons. The van der Waals surface area contributed by atoms with Crippen LogP contribution in [-0.2, 0) is 11.0 Å². The van der Waals surface area contributed by atoms with E-state index in [9.17, 15) is 26.7 Å². The number of benzene rings is 1. The Kier molecular flexibility index (Phi) is 6.26. The van der Waals surface area contributed by atoms with Crippen molar-refractivity contribution in [3.8, 4) is 11.8 Å². The fourth-order valence-corrected chi connectivity index (χ4v) is 1.82. The number of Topliss-reactive ketones (excluding diaryl/α,β-unsaturated/α-hetero) is 1. The maximum absolute atomic E-state index is 13.1. The summed E-state index contributed by atoms with van der Waals surface area (Å²) < 4.78 is 67.7. The van der Waals surface area contributed by atoms with Gasteiger partial charge in [-0.15, -0.1) is 0 Å². The van der Waals surface area contributed by atoms with Gasteiger partial charge in [0.05, 0.1) is 23.2 Å². The van der Waals surface area contributed by atoms with Crippen LogP contribution in [0.3, 0.4) is 0 Å². The number of alkyl halides is 5. The number of aliphatic hydroxyl groups excluding tert-OH is 1. The Labute approximate surface area is 140 Å². The minimum absolute atomic E-state index is 0.356. The van der Waals surface area contributed by atoms with E-state index < -0.39 is 53.0 Å². The average molecular weight is 363 g/mol. The van der Waals surface area contributed by atoms with E-state index >= 15 is 0 Å². The maximum atomic E-state index is 13.1. The van der Waals surface area contributed by atoms with E-state index in [1.54, 1.807) is 0 Å². The Hall–Kier alpha value is -2.47. The molecule has 0 heterocycles. The standard InChI is InChI=1S/C16H14F5NO3/c1-15(2,8-23)13(24)10(7-22)5-9-3-4-11(25-14(17)18)6-12(9)16(19,20)21/h3-6,14,23H,8H2,1-2H3. The smallest absolute Gasteiger partial charge is 0.417 e. The molecule has 0 aliphatic carbocycles. The highest BCUT2D eigenvalue weighted by molar-refractivity contribution is 6.06. The number of hydrogen-bond donors (Lipinski definition) is 1. The summed E-state index contributed by atoms with van der Waals surface area (Å²) in [4.78, 5) is 12.1. The molecule has 0 aliphatic heterocycles. The predicted molar refractivity (Wildman–Crippen MR) is 77.5 cm³/mol. The maximum Gasteiger partial charge on any atom is 0.417 e. The molecule has 0 saturated heterocycles. The summed E-state index contributed by atoms with van der Waals surface area (Å²) in [6.07, 6.45) is -4.22. The fourth-order valence-electron chi connectivity index (χ4n) is 1.82. The molecule has 0 aliphatic rings. The largest absolute Gasteiger partial charge is 0.435 e. The second-order valence-corrected chi connectivity index (χ2v) is 5.67. The van der Waals surface area contributed by atoms with Crippen molar-refractivity contribution >= 4 is 11.9 Å². The van der Waals surface area contributed by atoms with Crippen LogP contribution in [0.2, 0.25) is 0 Å². The molecule has 1 N–H and O–H groups in total. The number of allylic oxidation sites excluding steroid dienone is 1. The lowest BCUT2D eigenvalue weighted by molar-refractivity contribution is -0.138. The van der Waals surface area contributed by atoms with Crippen LogP contribution in [0.5, 0.6) is 5.75 Å². The van der Waals surface area contributed by atoms with Gasteiger partial charge in [0, 0.05) is 0 Å². The third-order valence-corrected chi connectivity index (χ3v) is 3.23. The predicted octanol–water partition coefficient (Wildman–Crippen LogP) is 3.80. The Balaban J connectivity index is 3.45. The van der Waals surface area contributed by atoms with Gasteiger partial charge in [-0.3, -0.25) is 4.79 Å². The van der Waals surface area contributed by atoms with Gasteiger partial charge < -0.3 is 9.84 Å². The van der Waals surface area contributed by atoms with Crippen LogP contribution in [0.25, 0.3) is 6.08 Å². The van der Waals surface area contributed by atoms with Crippen molar-refractivity contribution < 1.29 is 36.6 Å². The molecule has 0 bridgehead atoms. The SMILES string of the molecule is CC(C)(CO)C(=O)C(C#N)=Cc1ccc(OC(F)F)cc1C(F)(F)F. The van der Waals surface area contributed by atoms with Gasteiger partial charge in [-0.1, -0.05) is 19.9 Å². The van der Waals surface area contributed by atoms with Gasteiger partial charge in [-0.2, -0.15) is 27.2 Å². The molecule has 1 rings (SSSR count). The van der Waals surface area contributed by atoms with Gasteiger partial charge in [-0.25, -0.2) is 0 Å². The lowest BCUT2D eigenvalue weighted by Gasteiger charge is -2.19. The van der Waals surface area contributed by atoms with Crippen LogP contribution in [0, 0.1) is 16.7 Å². The number of nitriles is 1. The van der Waals surface area contributed by atoms with E-state index in [1.807, 2.05) is 0 Å². The first-order chi connectivity index (χ1) is 11.4. The van der Waals surface area contributed by atoms with Crippen molar-refractivity contribution in [3.63, 3.8) is 0 Å². The number of rotatable bonds is 6. The van der Waals surface area contributed by atoms with Crippen LogP contribution in [0.1, 0.15) is 25.0 Å². The summed E-state index contributed by atoms with van der Waals surface area (Å²) in [6.45, 7) is -1.27. The lowest BCUT2D eigenvalue weighted by atomic mass is 9.84. The van der Waals surface area contributed by atoms with Crippen molar-refractivity contribution in [2.75, 3.05) is 6.61 Å². The summed E-state index contributed by atoms with van der Waals surface area (Å²) in [5, 5.41) is 18.2. The normalized spacial score (nSPS) is 12.9. The zero-order valence-corrected chi connectivity index (χ0v) is 13.2. The molecule has 0 aromatic heterocycles. The highest BCUT2D eigenvalue weighted by atomic mass is 19.4. The van der Waals surface area contributed by atoms with E-state index in [-0.39, 0.29) is 0 Å². The first-order valence-corrected chi connectivity index (χ1v) is 6.86. The van der Waals surface area contributed by atoms with Gasteiger partial charge in [0.15, 0.2) is 5.78 Å². The molecule has 0 radical (unpaired) electrons. The minimum atomic E-state index is -4.93. The summed E-state index contributed by atoms with van der Waals surface area (Å²) in [5.74, 6) is -1.56. The van der Waals surface area contributed by atoms with Crippen LogP contribution < -0.4 is 4.74 Å². The molecule has 1 aromatic rings. The van der Waals surface area contributed by atoms with Gasteiger partial charge in [0.25, 0.3) is 0 Å². The summed E-state index contributed by atoms with van der Waals surface area (Å²) >= 11 is 0. The second-order valence-electron chi connectivity index (χ2n) is 5.67. The number of ether oxygens (including phenoxy) is 1. The number of nitrogens with zero attached hydrogens (tertiary/aromatic N) is 1. The summed E-state index contributed by atoms with van der Waals surface area (Å²) in [7, 11) is 0. The van der Waals surface area contributed by atoms with Crippen LogP contribution in [0.4, 0.5) is 22.0 Å². The Morgan fingerprint density at radius 1 is 1.36 bits per heavy atom. The van der Waals surface area contributed by atoms with Crippen LogP contribution in [0.15, 0.2) is 23.8 Å². The number of halogens is 5. The highest BCUT2D eigenvalue weighted by Crippen LogP contribution is 2.36. The topological polar surface area (TPSA) is 70.3 Å². The molecule has 0 saturated carbocycles. The zero-order valence-electron chi connectivity index (χ0n) is 13.2. The molecule has 0 unspecified atom stereocenters. The first kappa shape index (κ1) is 20.6. The number of hydrogen-bond acceptors (Lipinski definition) is 4. The van der Waals surface area contributed by atoms with Gasteiger partial charge in [0.2, 0.25) is 0 Å². The molecule has 0 fully saturated rings. The average Bonchev–Trinajstić information content (AvgIpc) is 2.51. The Morgan fingerprint density at radius 2 is 1.96 bits per heavy atom. The quantitative estimate of drug-likeness (QED) is 0.474. The van der Waals surface area contributed by atoms with Crippen LogP contribution in [-0.4, -0.2) is 24.1 Å². The van der Waals surface area contributed by atoms with E-state index in [0.29, 0.717) is 12.1 Å². The van der Waals surface area contributed by atoms with Gasteiger partial charge in [-0.05, 0) is 23.8 Å². The highest BCUT2D eigenvalue weighted by Gasteiger charge is 2.35. The number of carbonyl (C=O) groups excluding carboxylic acids is 1. The van der Waals surface area contributed by atoms with E-state index in [2.05, 4.69) is 4.74 Å². The lowest BCUT2D eigenvalue weighted by Crippen LogP contribution is -2.29. The molecule has 0 atom stereocenters. The monoisotopic (exact) mass is 363 g/mol. The zero-order chi connectivity index (χ0) is 19.4. The van der Waals surface area contributed by atoms with Crippen molar-refractivity contribution in [2.24, 2.45) is 5.41 Å². The second kappa shape index (κ2) is 7.61. The van der Waals surface area contributed by atoms with Gasteiger partial charge >= 0.3 is 12.8 Å². The van der Waals surface area contributed by atoms with E-state index in [4.69, 9.17) is 10.4 Å². The van der Waals surface area contributed by atoms with E-state index in [0.717, 1.165) is 12.1 Å². The first-order valence-electron chi connectivity index (χ1n) is 6.86. The number of carbonyl (C=O) groups is 1. The van der Waals surface area contributed by atoms with Crippen molar-refractivity contribution in [3.05, 3.63) is 34.9 Å². The molecule has 4 nitrogen and oxygen atoms in total. The van der Waals surface area contributed by atoms with Crippen LogP contribution >= 0.6 is 0 Å². The Bertz CT molecular complexity index is 717. The summed E-state index contributed by atoms with van der Waals surface area (Å²) in [6, 6.07) is 3.54. The van der Waals surface area contributed by atoms with Crippen molar-refractivity contribution in [1.29, 1.82) is 5.26 Å². The Morgan fingerprint density at radius 3 is 2.40 bits per heavy atom. The van der Waals surface area contributed by atoms with Crippen molar-refractivity contribution in [1.82, 2.24) is 0 Å². The molecule has 0 amide bonds. The third kappa shape index (κ3) is 5.26. The molecule has 25 heavy (non-hydrogen) atoms. The van der Waals surface area contributed by atoms with Gasteiger partial charge in [0.1, 0.15) is 11.8 Å². The number of ketones is 1. The molecular weight excluding hydrogens is 349 g/mol. The third-order valence-electron chi connectivity index (χ3n) is 3.23. The van der Waals surface area contributed by atoms with E-state index in [1.165, 1.54) is 19.9 Å². The molecular formula is C16H14F5NO3. The number of aliphatic hydroxyl groups is 1. The molecule has 9 heteroatoms.